The molecule has 3 N–H and O–H groups in total. The zero-order chi connectivity index (χ0) is 9.26. The van der Waals surface area contributed by atoms with Crippen LogP contribution in [0.15, 0.2) is 0 Å². The van der Waals surface area contributed by atoms with Gasteiger partial charge in [0.1, 0.15) is 0 Å². The Labute approximate surface area is 99.4 Å². The predicted molar refractivity (Wildman–Crippen MR) is 69.6 cm³/mol. The van der Waals surface area contributed by atoms with E-state index in [0.29, 0.717) is 11.2 Å². The third kappa shape index (κ3) is 3.63. The lowest BCUT2D eigenvalue weighted by atomic mass is 9.94. The Hall–Kier alpha value is 0.230. The van der Waals surface area contributed by atoms with E-state index in [4.69, 9.17) is 0 Å². The number of hydrogen-bond acceptors (Lipinski definition) is 4. The first-order chi connectivity index (χ1) is 6.27. The molecular weight excluding hydrogens is 208 g/mol. The number of thiol groups is 1. The maximum Gasteiger partial charge on any atom is 0.0734 e. The van der Waals surface area contributed by atoms with Gasteiger partial charge in [-0.05, 0) is 19.4 Å². The van der Waals surface area contributed by atoms with Gasteiger partial charge in [0.15, 0.2) is 0 Å². The topological polar surface area (TPSA) is 44.3 Å². The van der Waals surface area contributed by atoms with Gasteiger partial charge in [0.2, 0.25) is 0 Å². The lowest BCUT2D eigenvalue weighted by molar-refractivity contribution is 0.0834. The summed E-state index contributed by atoms with van der Waals surface area (Å²) in [5.41, 5.74) is 0. The lowest BCUT2D eigenvalue weighted by Gasteiger charge is -2.23. The highest BCUT2D eigenvalue weighted by molar-refractivity contribution is 7.81. The van der Waals surface area contributed by atoms with Gasteiger partial charge < -0.3 is 15.7 Å². The normalized spacial score (nSPS) is 36.8. The molecule has 0 bridgehead atoms. The fraction of sp³-hybridized carbons (Fsp3) is 1.00. The summed E-state index contributed by atoms with van der Waals surface area (Å²) >= 11 is 4.40. The summed E-state index contributed by atoms with van der Waals surface area (Å²) in [7, 11) is 0. The fourth-order valence-corrected chi connectivity index (χ4v) is 2.64. The van der Waals surface area contributed by atoms with Crippen molar-refractivity contribution in [3.63, 3.8) is 0 Å². The number of aliphatic hydroxyl groups is 1. The average molecular weight is 234 g/mol. The van der Waals surface area contributed by atoms with Crippen LogP contribution in [0.5, 0.6) is 0 Å². The van der Waals surface area contributed by atoms with Crippen molar-refractivity contribution in [1.82, 2.24) is 10.6 Å². The summed E-state index contributed by atoms with van der Waals surface area (Å²) in [6.45, 7) is 2.96. The number of aliphatic hydroxyl groups excluding tert-OH is 1. The van der Waals surface area contributed by atoms with Gasteiger partial charge in [0.25, 0.3) is 0 Å². The number of rotatable bonds is 2. The summed E-state index contributed by atoms with van der Waals surface area (Å²) in [4.78, 5) is 0. The Morgan fingerprint density at radius 3 is 2.47 bits per heavy atom. The van der Waals surface area contributed by atoms with Gasteiger partial charge in [0, 0.05) is 30.3 Å². The van der Waals surface area contributed by atoms with Gasteiger partial charge in [-0.15, -0.1) is 0 Å². The highest BCUT2D eigenvalue weighted by atomic mass is 32.1. The first-order valence-electron chi connectivity index (χ1n) is 5.07. The fourth-order valence-electron chi connectivity index (χ4n) is 2.30. The molecular formula is C11H26N2OS. The largest absolute Gasteiger partial charge is 0.391 e. The number of hydrogen-bond donors (Lipinski definition) is 4. The molecule has 2 aliphatic heterocycles. The van der Waals surface area contributed by atoms with Crippen LogP contribution in [-0.4, -0.2) is 42.1 Å². The van der Waals surface area contributed by atoms with E-state index in [0.717, 1.165) is 32.5 Å². The van der Waals surface area contributed by atoms with E-state index in [-0.39, 0.29) is 27.0 Å². The minimum atomic E-state index is -0.188. The standard InChI is InChI=1S/C9H18N2OS.2CH4/c12-9(6-1-2-10-4-6)8-3-7(13)5-11-8;;/h6-13H,1-5H2;2*1H4/t6-,7+,8+,9-;;/m1../s1. The maximum absolute atomic E-state index is 10.0. The van der Waals surface area contributed by atoms with Crippen LogP contribution in [0.25, 0.3) is 0 Å². The molecule has 0 amide bonds. The first kappa shape index (κ1) is 15.2. The highest BCUT2D eigenvalue weighted by Gasteiger charge is 2.33. The first-order valence-corrected chi connectivity index (χ1v) is 5.59. The van der Waals surface area contributed by atoms with Gasteiger partial charge in [-0.2, -0.15) is 12.6 Å². The summed E-state index contributed by atoms with van der Waals surface area (Å²) in [5, 5.41) is 17.1. The van der Waals surface area contributed by atoms with Gasteiger partial charge >= 0.3 is 0 Å². The minimum absolute atomic E-state index is 0. The maximum atomic E-state index is 10.0. The Bertz CT molecular complexity index is 174. The van der Waals surface area contributed by atoms with Crippen LogP contribution in [0.1, 0.15) is 27.7 Å². The van der Waals surface area contributed by atoms with Crippen LogP contribution in [0, 0.1) is 5.92 Å². The van der Waals surface area contributed by atoms with E-state index < -0.39 is 0 Å². The Balaban J connectivity index is 0.000000980. The molecule has 0 unspecified atom stereocenters. The van der Waals surface area contributed by atoms with Crippen molar-refractivity contribution in [2.45, 2.75) is 45.1 Å². The Morgan fingerprint density at radius 2 is 2.00 bits per heavy atom. The molecule has 4 heteroatoms. The van der Waals surface area contributed by atoms with Gasteiger partial charge in [-0.1, -0.05) is 14.9 Å². The van der Waals surface area contributed by atoms with Crippen molar-refractivity contribution in [3.05, 3.63) is 0 Å². The molecule has 0 aromatic heterocycles. The zero-order valence-corrected chi connectivity index (χ0v) is 8.63. The van der Waals surface area contributed by atoms with Crippen LogP contribution < -0.4 is 10.6 Å². The van der Waals surface area contributed by atoms with Crippen molar-refractivity contribution in [2.75, 3.05) is 19.6 Å². The van der Waals surface area contributed by atoms with E-state index >= 15 is 0 Å². The van der Waals surface area contributed by atoms with Gasteiger partial charge in [-0.25, -0.2) is 0 Å². The Kier molecular flexibility index (Phi) is 6.84. The second-order valence-corrected chi connectivity index (χ2v) is 4.88. The molecule has 0 aromatic rings. The van der Waals surface area contributed by atoms with Crippen LogP contribution in [-0.2, 0) is 0 Å². The van der Waals surface area contributed by atoms with Gasteiger partial charge in [0.05, 0.1) is 6.10 Å². The molecule has 2 aliphatic rings. The SMILES string of the molecule is C.C.O[C@H]([C@@H]1CCNC1)[C@@H]1C[C@H](S)CN1. The predicted octanol–water partition coefficient (Wildman–Crippen LogP) is 0.889. The smallest absolute Gasteiger partial charge is 0.0734 e. The van der Waals surface area contributed by atoms with Crippen molar-refractivity contribution < 1.29 is 5.11 Å². The molecule has 2 heterocycles. The second-order valence-electron chi connectivity index (χ2n) is 4.15. The molecule has 4 atom stereocenters. The molecule has 15 heavy (non-hydrogen) atoms. The van der Waals surface area contributed by atoms with Crippen LogP contribution in [0.2, 0.25) is 0 Å². The van der Waals surface area contributed by atoms with Crippen molar-refractivity contribution in [1.29, 1.82) is 0 Å². The van der Waals surface area contributed by atoms with Crippen LogP contribution in [0.3, 0.4) is 0 Å². The van der Waals surface area contributed by atoms with Crippen LogP contribution >= 0.6 is 12.6 Å². The minimum Gasteiger partial charge on any atom is -0.391 e. The van der Waals surface area contributed by atoms with Gasteiger partial charge in [-0.3, -0.25) is 0 Å². The molecule has 2 rings (SSSR count). The summed E-state index contributed by atoms with van der Waals surface area (Å²) in [6.07, 6.45) is 1.92. The van der Waals surface area contributed by atoms with E-state index in [1.165, 1.54) is 0 Å². The molecule has 92 valence electrons. The van der Waals surface area contributed by atoms with E-state index in [1.54, 1.807) is 0 Å². The molecule has 0 aromatic carbocycles. The molecule has 0 radical (unpaired) electrons. The van der Waals surface area contributed by atoms with Crippen molar-refractivity contribution in [3.8, 4) is 0 Å². The number of nitrogens with one attached hydrogen (secondary N) is 2. The molecule has 2 fully saturated rings. The molecule has 0 aliphatic carbocycles. The third-order valence-corrected chi connectivity index (χ3v) is 3.53. The second kappa shape index (κ2) is 6.74. The highest BCUT2D eigenvalue weighted by Crippen LogP contribution is 2.22. The van der Waals surface area contributed by atoms with E-state index in [1.807, 2.05) is 0 Å². The Morgan fingerprint density at radius 1 is 1.27 bits per heavy atom. The molecule has 0 saturated carbocycles. The zero-order valence-electron chi connectivity index (χ0n) is 7.74. The molecule has 2 saturated heterocycles. The van der Waals surface area contributed by atoms with E-state index in [9.17, 15) is 5.11 Å². The molecule has 3 nitrogen and oxygen atoms in total. The lowest BCUT2D eigenvalue weighted by Crippen LogP contribution is -2.40. The summed E-state index contributed by atoms with van der Waals surface area (Å²) < 4.78 is 0. The van der Waals surface area contributed by atoms with Crippen LogP contribution in [0.4, 0.5) is 0 Å². The average Bonchev–Trinajstić information content (AvgIpc) is 2.72. The quantitative estimate of drug-likeness (QED) is 0.537. The van der Waals surface area contributed by atoms with Crippen molar-refractivity contribution >= 4 is 12.6 Å². The molecule has 0 spiro atoms. The summed E-state index contributed by atoms with van der Waals surface area (Å²) in [6, 6.07) is 0.271. The van der Waals surface area contributed by atoms with E-state index in [2.05, 4.69) is 23.3 Å². The third-order valence-electron chi connectivity index (χ3n) is 3.14. The summed E-state index contributed by atoms with van der Waals surface area (Å²) in [5.74, 6) is 0.441. The monoisotopic (exact) mass is 234 g/mol. The van der Waals surface area contributed by atoms with Crippen molar-refractivity contribution in [2.24, 2.45) is 5.92 Å².